The summed E-state index contributed by atoms with van der Waals surface area (Å²) in [6.07, 6.45) is 7.93. The fraction of sp³-hybridized carbons (Fsp3) is 0.571. The maximum atomic E-state index is 12.8. The third-order valence-corrected chi connectivity index (χ3v) is 6.90. The first-order valence-electron chi connectivity index (χ1n) is 10.3. The van der Waals surface area contributed by atoms with Crippen molar-refractivity contribution in [3.05, 3.63) is 40.3 Å². The van der Waals surface area contributed by atoms with Crippen LogP contribution in [-0.4, -0.2) is 71.0 Å². The van der Waals surface area contributed by atoms with Crippen LogP contribution in [0.4, 0.5) is 5.95 Å². The minimum atomic E-state index is 0.234. The van der Waals surface area contributed by atoms with Crippen LogP contribution in [0.15, 0.2) is 29.9 Å². The lowest BCUT2D eigenvalue weighted by Crippen LogP contribution is -2.50. The summed E-state index contributed by atoms with van der Waals surface area (Å²) in [6, 6.07) is 4.40. The summed E-state index contributed by atoms with van der Waals surface area (Å²) in [6.45, 7) is 8.11. The molecule has 0 radical (unpaired) electrons. The van der Waals surface area contributed by atoms with E-state index in [1.165, 1.54) is 4.88 Å². The van der Waals surface area contributed by atoms with Crippen LogP contribution >= 0.6 is 11.3 Å². The van der Waals surface area contributed by atoms with Crippen molar-refractivity contribution in [3.8, 4) is 0 Å². The first-order valence-corrected chi connectivity index (χ1v) is 11.2. The molecule has 2 aliphatic heterocycles. The largest absolute Gasteiger partial charge is 0.339 e. The van der Waals surface area contributed by atoms with Crippen LogP contribution in [0.1, 0.15) is 41.4 Å². The van der Waals surface area contributed by atoms with E-state index >= 15 is 0 Å². The fourth-order valence-corrected chi connectivity index (χ4v) is 5.13. The van der Waals surface area contributed by atoms with Crippen molar-refractivity contribution in [1.29, 1.82) is 0 Å². The average Bonchev–Trinajstić information content (AvgIpc) is 3.16. The van der Waals surface area contributed by atoms with Gasteiger partial charge in [-0.1, -0.05) is 0 Å². The highest BCUT2D eigenvalue weighted by Crippen LogP contribution is 2.24. The van der Waals surface area contributed by atoms with Crippen molar-refractivity contribution in [2.24, 2.45) is 0 Å². The van der Waals surface area contributed by atoms with E-state index < -0.39 is 0 Å². The fourth-order valence-electron chi connectivity index (χ4n) is 4.22. The highest BCUT2D eigenvalue weighted by Gasteiger charge is 2.25. The van der Waals surface area contributed by atoms with Gasteiger partial charge < -0.3 is 9.80 Å². The molecule has 4 rings (SSSR count). The van der Waals surface area contributed by atoms with Gasteiger partial charge in [-0.25, -0.2) is 9.97 Å². The van der Waals surface area contributed by atoms with Crippen molar-refractivity contribution in [1.82, 2.24) is 19.8 Å². The second-order valence-electron chi connectivity index (χ2n) is 7.72. The Morgan fingerprint density at radius 3 is 2.71 bits per heavy atom. The van der Waals surface area contributed by atoms with Gasteiger partial charge in [-0.2, -0.15) is 0 Å². The van der Waals surface area contributed by atoms with Gasteiger partial charge in [0.05, 0.1) is 5.56 Å². The molecule has 2 aliphatic rings. The van der Waals surface area contributed by atoms with Crippen molar-refractivity contribution in [2.75, 3.05) is 44.2 Å². The van der Waals surface area contributed by atoms with Crippen LogP contribution in [0.3, 0.4) is 0 Å². The van der Waals surface area contributed by atoms with Crippen molar-refractivity contribution < 1.29 is 4.79 Å². The maximum Gasteiger partial charge on any atom is 0.254 e. The molecule has 7 heteroatoms. The molecule has 0 bridgehead atoms. The summed E-state index contributed by atoms with van der Waals surface area (Å²) >= 11 is 1.72. The number of carbonyl (C=O) groups excluding carboxylic acids is 1. The van der Waals surface area contributed by atoms with Gasteiger partial charge in [0.25, 0.3) is 5.91 Å². The molecule has 1 atom stereocenters. The maximum absolute atomic E-state index is 12.8. The number of aryl methyl sites for hydroxylation is 1. The topological polar surface area (TPSA) is 52.6 Å². The van der Waals surface area contributed by atoms with Crippen molar-refractivity contribution in [3.63, 3.8) is 0 Å². The molecule has 2 aromatic heterocycles. The molecule has 1 unspecified atom stereocenters. The van der Waals surface area contributed by atoms with Gasteiger partial charge in [-0.05, 0) is 50.1 Å². The Balaban J connectivity index is 1.22. The molecule has 0 saturated carbocycles. The quantitative estimate of drug-likeness (QED) is 0.748. The monoisotopic (exact) mass is 399 g/mol. The Bertz CT molecular complexity index is 772. The summed E-state index contributed by atoms with van der Waals surface area (Å²) in [5, 5.41) is 2.05. The van der Waals surface area contributed by atoms with Crippen LogP contribution in [0.5, 0.6) is 0 Å². The molecule has 0 N–H and O–H groups in total. The van der Waals surface area contributed by atoms with E-state index in [9.17, 15) is 4.79 Å². The molecule has 28 heavy (non-hydrogen) atoms. The second-order valence-corrected chi connectivity index (χ2v) is 8.72. The van der Waals surface area contributed by atoms with Crippen molar-refractivity contribution in [2.45, 2.75) is 38.6 Å². The number of amides is 1. The van der Waals surface area contributed by atoms with Crippen LogP contribution < -0.4 is 4.90 Å². The Hall–Kier alpha value is -1.99. The Kier molecular flexibility index (Phi) is 6.22. The summed E-state index contributed by atoms with van der Waals surface area (Å²) in [7, 11) is 0. The average molecular weight is 400 g/mol. The van der Waals surface area contributed by atoms with Gasteiger partial charge in [-0.15, -0.1) is 11.3 Å². The van der Waals surface area contributed by atoms with E-state index in [0.717, 1.165) is 76.5 Å². The van der Waals surface area contributed by atoms with Crippen LogP contribution in [0.2, 0.25) is 0 Å². The lowest BCUT2D eigenvalue weighted by molar-refractivity contribution is 0.0752. The van der Waals surface area contributed by atoms with Gasteiger partial charge in [0, 0.05) is 62.6 Å². The molecule has 0 aromatic carbocycles. The lowest BCUT2D eigenvalue weighted by atomic mass is 10.1. The number of carbonyl (C=O) groups is 1. The molecule has 2 aromatic rings. The molecular formula is C21H29N5OS. The van der Waals surface area contributed by atoms with Gasteiger partial charge in [0.15, 0.2) is 0 Å². The van der Waals surface area contributed by atoms with Gasteiger partial charge in [0.1, 0.15) is 0 Å². The summed E-state index contributed by atoms with van der Waals surface area (Å²) < 4.78 is 0. The number of thiophene rings is 1. The summed E-state index contributed by atoms with van der Waals surface area (Å²) in [5.74, 6) is 1.07. The standard InChI is InChI=1S/C21H29N5OS/c1-17(24-12-14-26(15-13-24)21-22-8-4-9-23-21)5-2-10-25-11-3-6-19-18(20(25)27)7-16-28-19/h4,7-9,16-17H,2-3,5-6,10-15H2,1H3. The Morgan fingerprint density at radius 1 is 1.14 bits per heavy atom. The number of piperazine rings is 1. The third kappa shape index (κ3) is 4.36. The number of nitrogens with zero attached hydrogens (tertiary/aromatic N) is 5. The first-order chi connectivity index (χ1) is 13.7. The summed E-state index contributed by atoms with van der Waals surface area (Å²) in [5.41, 5.74) is 0.940. The van der Waals surface area contributed by atoms with Crippen LogP contribution in [0.25, 0.3) is 0 Å². The molecule has 1 fully saturated rings. The molecule has 0 spiro atoms. The predicted octanol–water partition coefficient (Wildman–Crippen LogP) is 2.92. The molecule has 0 aliphatic carbocycles. The zero-order valence-electron chi connectivity index (χ0n) is 16.6. The van der Waals surface area contributed by atoms with Crippen LogP contribution in [0, 0.1) is 0 Å². The zero-order valence-corrected chi connectivity index (χ0v) is 17.4. The van der Waals surface area contributed by atoms with Crippen molar-refractivity contribution >= 4 is 23.2 Å². The number of hydrogen-bond donors (Lipinski definition) is 0. The number of rotatable bonds is 6. The van der Waals surface area contributed by atoms with Gasteiger partial charge >= 0.3 is 0 Å². The number of hydrogen-bond acceptors (Lipinski definition) is 6. The minimum Gasteiger partial charge on any atom is -0.339 e. The Labute approximate surface area is 171 Å². The number of fused-ring (bicyclic) bond motifs is 1. The number of aromatic nitrogens is 2. The number of anilines is 1. The zero-order chi connectivity index (χ0) is 19.3. The van der Waals surface area contributed by atoms with Crippen LogP contribution in [-0.2, 0) is 6.42 Å². The highest BCUT2D eigenvalue weighted by atomic mass is 32.1. The van der Waals surface area contributed by atoms with E-state index in [2.05, 4.69) is 31.6 Å². The van der Waals surface area contributed by atoms with Gasteiger partial charge in [0.2, 0.25) is 5.95 Å². The SMILES string of the molecule is CC(CCCN1CCCc2sccc2C1=O)N1CCN(c2ncccn2)CC1. The smallest absolute Gasteiger partial charge is 0.254 e. The molecule has 1 saturated heterocycles. The first kappa shape index (κ1) is 19.3. The second kappa shape index (κ2) is 9.01. The molecular weight excluding hydrogens is 370 g/mol. The van der Waals surface area contributed by atoms with E-state index in [1.54, 1.807) is 23.7 Å². The predicted molar refractivity (Wildman–Crippen MR) is 113 cm³/mol. The molecule has 150 valence electrons. The van der Waals surface area contributed by atoms with Gasteiger partial charge in [-0.3, -0.25) is 9.69 Å². The molecule has 6 nitrogen and oxygen atoms in total. The summed E-state index contributed by atoms with van der Waals surface area (Å²) in [4.78, 5) is 29.6. The minimum absolute atomic E-state index is 0.234. The van der Waals surface area contributed by atoms with E-state index in [-0.39, 0.29) is 5.91 Å². The highest BCUT2D eigenvalue weighted by molar-refractivity contribution is 7.10. The van der Waals surface area contributed by atoms with E-state index in [1.807, 2.05) is 17.5 Å². The van der Waals surface area contributed by atoms with E-state index in [0.29, 0.717) is 6.04 Å². The normalized spacial score (nSPS) is 19.4. The molecule has 1 amide bonds. The lowest BCUT2D eigenvalue weighted by Gasteiger charge is -2.38. The molecule has 4 heterocycles. The third-order valence-electron chi connectivity index (χ3n) is 5.92. The Morgan fingerprint density at radius 2 is 1.93 bits per heavy atom. The van der Waals surface area contributed by atoms with E-state index in [4.69, 9.17) is 0 Å².